The van der Waals surface area contributed by atoms with E-state index in [0.717, 1.165) is 17.2 Å². The summed E-state index contributed by atoms with van der Waals surface area (Å²) in [5, 5.41) is 4.42. The minimum Gasteiger partial charge on any atom is -0.326 e. The molecule has 3 aromatic rings. The second kappa shape index (κ2) is 10.4. The number of halogens is 2. The van der Waals surface area contributed by atoms with Crippen LogP contribution in [0.15, 0.2) is 66.7 Å². The van der Waals surface area contributed by atoms with Crippen molar-refractivity contribution in [1.82, 2.24) is 10.4 Å². The van der Waals surface area contributed by atoms with Gasteiger partial charge in [0.05, 0.1) is 12.1 Å². The van der Waals surface area contributed by atoms with Crippen LogP contribution < -0.4 is 15.6 Å². The zero-order valence-electron chi connectivity index (χ0n) is 19.4. The van der Waals surface area contributed by atoms with Crippen LogP contribution in [0.5, 0.6) is 0 Å². The van der Waals surface area contributed by atoms with Gasteiger partial charge in [0.1, 0.15) is 11.9 Å². The standard InChI is InChI=1S/C26H22ClFN4O3S/c1-15-6-11-21(16(2)12-15)29-23(33)14-22-25(35)31(20-9-7-18(27)8-10-20)26(36)32(22)30-24(34)17-4-3-5-19(28)13-17/h3-13,22H,14H2,1-2H3,(H,29,33)(H,30,34). The van der Waals surface area contributed by atoms with Crippen LogP contribution >= 0.6 is 23.8 Å². The van der Waals surface area contributed by atoms with Crippen LogP contribution in [0.25, 0.3) is 0 Å². The molecule has 36 heavy (non-hydrogen) atoms. The predicted octanol–water partition coefficient (Wildman–Crippen LogP) is 4.77. The minimum absolute atomic E-state index is 0.0311. The molecule has 1 aliphatic rings. The van der Waals surface area contributed by atoms with Crippen LogP contribution in [0.3, 0.4) is 0 Å². The van der Waals surface area contributed by atoms with Gasteiger partial charge in [-0.15, -0.1) is 0 Å². The topological polar surface area (TPSA) is 81.8 Å². The first kappa shape index (κ1) is 25.3. The van der Waals surface area contributed by atoms with Gasteiger partial charge in [-0.2, -0.15) is 0 Å². The molecule has 2 N–H and O–H groups in total. The van der Waals surface area contributed by atoms with E-state index in [1.54, 1.807) is 30.3 Å². The molecule has 0 aromatic heterocycles. The van der Waals surface area contributed by atoms with E-state index in [1.165, 1.54) is 28.1 Å². The van der Waals surface area contributed by atoms with Crippen LogP contribution in [0.1, 0.15) is 27.9 Å². The molecule has 3 aromatic carbocycles. The maximum atomic E-state index is 13.7. The fraction of sp³-hybridized carbons (Fsp3) is 0.154. The zero-order valence-corrected chi connectivity index (χ0v) is 21.0. The number of hydrogen-bond donors (Lipinski definition) is 2. The Hall–Kier alpha value is -3.82. The number of hydrazine groups is 1. The van der Waals surface area contributed by atoms with E-state index in [-0.39, 0.29) is 17.1 Å². The van der Waals surface area contributed by atoms with Crippen LogP contribution in [0.2, 0.25) is 5.02 Å². The summed E-state index contributed by atoms with van der Waals surface area (Å²) in [4.78, 5) is 40.5. The molecule has 4 rings (SSSR count). The first-order chi connectivity index (χ1) is 17.1. The lowest BCUT2D eigenvalue weighted by molar-refractivity contribution is -0.124. The van der Waals surface area contributed by atoms with Crippen LogP contribution in [-0.2, 0) is 9.59 Å². The third kappa shape index (κ3) is 5.37. The molecule has 184 valence electrons. The highest BCUT2D eigenvalue weighted by Crippen LogP contribution is 2.28. The van der Waals surface area contributed by atoms with Crippen molar-refractivity contribution in [3.8, 4) is 0 Å². The van der Waals surface area contributed by atoms with Gasteiger partial charge < -0.3 is 5.32 Å². The molecule has 1 fully saturated rings. The van der Waals surface area contributed by atoms with Gasteiger partial charge in [-0.1, -0.05) is 35.4 Å². The number of carbonyl (C=O) groups is 3. The molecule has 0 saturated carbocycles. The summed E-state index contributed by atoms with van der Waals surface area (Å²) in [5.74, 6) is -2.21. The molecule has 7 nitrogen and oxygen atoms in total. The molecule has 1 saturated heterocycles. The first-order valence-corrected chi connectivity index (χ1v) is 11.8. The number of anilines is 2. The normalized spacial score (nSPS) is 15.3. The highest BCUT2D eigenvalue weighted by molar-refractivity contribution is 7.80. The molecule has 10 heteroatoms. The molecule has 0 bridgehead atoms. The Balaban J connectivity index is 1.61. The van der Waals surface area contributed by atoms with Gasteiger partial charge in [0.2, 0.25) is 11.0 Å². The number of carbonyl (C=O) groups excluding carboxylic acids is 3. The van der Waals surface area contributed by atoms with E-state index >= 15 is 0 Å². The lowest BCUT2D eigenvalue weighted by Crippen LogP contribution is -2.49. The molecule has 1 atom stereocenters. The number of hydrogen-bond acceptors (Lipinski definition) is 4. The van der Waals surface area contributed by atoms with Gasteiger partial charge in [-0.25, -0.2) is 9.40 Å². The van der Waals surface area contributed by atoms with Crippen molar-refractivity contribution < 1.29 is 18.8 Å². The van der Waals surface area contributed by atoms with Crippen LogP contribution in [0.4, 0.5) is 15.8 Å². The van der Waals surface area contributed by atoms with Crippen molar-refractivity contribution in [1.29, 1.82) is 0 Å². The average Bonchev–Trinajstić information content (AvgIpc) is 3.05. The molecular formula is C26H22ClFN4O3S. The van der Waals surface area contributed by atoms with Crippen molar-refractivity contribution >= 4 is 58.0 Å². The van der Waals surface area contributed by atoms with Crippen molar-refractivity contribution in [2.45, 2.75) is 26.3 Å². The Morgan fingerprint density at radius 3 is 2.44 bits per heavy atom. The summed E-state index contributed by atoms with van der Waals surface area (Å²) in [6, 6.07) is 16.0. The van der Waals surface area contributed by atoms with E-state index in [2.05, 4.69) is 10.7 Å². The fourth-order valence-corrected chi connectivity index (χ4v) is 4.36. The highest BCUT2D eigenvalue weighted by Gasteiger charge is 2.45. The summed E-state index contributed by atoms with van der Waals surface area (Å²) in [6.45, 7) is 3.81. The number of benzene rings is 3. The Morgan fingerprint density at radius 1 is 1.06 bits per heavy atom. The molecule has 1 unspecified atom stereocenters. The summed E-state index contributed by atoms with van der Waals surface area (Å²) >= 11 is 11.5. The smallest absolute Gasteiger partial charge is 0.269 e. The SMILES string of the molecule is Cc1ccc(NC(=O)CC2C(=O)N(c3ccc(Cl)cc3)C(=S)N2NC(=O)c2cccc(F)c2)c(C)c1. The number of amides is 3. The molecular weight excluding hydrogens is 503 g/mol. The maximum Gasteiger partial charge on any atom is 0.269 e. The van der Waals surface area contributed by atoms with E-state index in [1.807, 2.05) is 26.0 Å². The summed E-state index contributed by atoms with van der Waals surface area (Å²) < 4.78 is 13.7. The third-order valence-corrected chi connectivity index (χ3v) is 6.27. The van der Waals surface area contributed by atoms with Crippen molar-refractivity contribution in [2.75, 3.05) is 10.2 Å². The molecule has 0 spiro atoms. The number of nitrogens with one attached hydrogen (secondary N) is 2. The maximum absolute atomic E-state index is 13.7. The van der Waals surface area contributed by atoms with Gasteiger partial charge in [-0.05, 0) is 80.2 Å². The van der Waals surface area contributed by atoms with E-state index < -0.39 is 29.6 Å². The monoisotopic (exact) mass is 524 g/mol. The number of rotatable bonds is 6. The van der Waals surface area contributed by atoms with E-state index in [9.17, 15) is 18.8 Å². The van der Waals surface area contributed by atoms with Crippen LogP contribution in [-0.4, -0.2) is 33.9 Å². The van der Waals surface area contributed by atoms with Crippen molar-refractivity contribution in [3.63, 3.8) is 0 Å². The van der Waals surface area contributed by atoms with Crippen molar-refractivity contribution in [3.05, 3.63) is 94.3 Å². The van der Waals surface area contributed by atoms with E-state index in [4.69, 9.17) is 23.8 Å². The zero-order chi connectivity index (χ0) is 26.0. The largest absolute Gasteiger partial charge is 0.326 e. The molecule has 1 aliphatic heterocycles. The second-order valence-corrected chi connectivity index (χ2v) is 9.14. The molecule has 0 aliphatic carbocycles. The summed E-state index contributed by atoms with van der Waals surface area (Å²) in [5.41, 5.74) is 5.57. The average molecular weight is 525 g/mol. The predicted molar refractivity (Wildman–Crippen MR) is 140 cm³/mol. The quantitative estimate of drug-likeness (QED) is 0.454. The first-order valence-electron chi connectivity index (χ1n) is 11.0. The lowest BCUT2D eigenvalue weighted by Gasteiger charge is -2.24. The number of thiocarbonyl (C=S) groups is 1. The molecule has 0 radical (unpaired) electrons. The van der Waals surface area contributed by atoms with Gasteiger partial charge >= 0.3 is 0 Å². The molecule has 3 amide bonds. The number of nitrogens with zero attached hydrogens (tertiary/aromatic N) is 2. The number of aryl methyl sites for hydroxylation is 2. The van der Waals surface area contributed by atoms with Crippen LogP contribution in [0, 0.1) is 19.7 Å². The Morgan fingerprint density at radius 2 is 1.78 bits per heavy atom. The fourth-order valence-electron chi connectivity index (χ4n) is 3.86. The second-order valence-electron chi connectivity index (χ2n) is 8.34. The van der Waals surface area contributed by atoms with Gasteiger partial charge in [-0.3, -0.25) is 24.7 Å². The Bertz CT molecular complexity index is 1370. The van der Waals surface area contributed by atoms with E-state index in [0.29, 0.717) is 16.4 Å². The minimum atomic E-state index is -1.13. The van der Waals surface area contributed by atoms with Gasteiger partial charge in [0.25, 0.3) is 11.8 Å². The third-order valence-electron chi connectivity index (χ3n) is 5.64. The summed E-state index contributed by atoms with van der Waals surface area (Å²) in [6.07, 6.45) is -0.292. The Kier molecular flexibility index (Phi) is 7.32. The highest BCUT2D eigenvalue weighted by atomic mass is 35.5. The Labute approximate surface area is 217 Å². The van der Waals surface area contributed by atoms with Gasteiger partial charge in [0, 0.05) is 16.3 Å². The van der Waals surface area contributed by atoms with Gasteiger partial charge in [0.15, 0.2) is 0 Å². The molecule has 1 heterocycles. The lowest BCUT2D eigenvalue weighted by atomic mass is 10.1. The summed E-state index contributed by atoms with van der Waals surface area (Å²) in [7, 11) is 0. The van der Waals surface area contributed by atoms with Crippen molar-refractivity contribution in [2.24, 2.45) is 0 Å².